The van der Waals surface area contributed by atoms with E-state index in [1.807, 2.05) is 0 Å². The van der Waals surface area contributed by atoms with Crippen molar-refractivity contribution < 1.29 is 17.8 Å². The fraction of sp³-hybridized carbons (Fsp3) is 0. The molecule has 0 radical (unpaired) electrons. The van der Waals surface area contributed by atoms with Crippen LogP contribution in [0.25, 0.3) is 16.2 Å². The number of thiophene rings is 1. The molecule has 0 fully saturated rings. The van der Waals surface area contributed by atoms with E-state index in [1.165, 1.54) is 0 Å². The molecule has 0 spiro atoms. The van der Waals surface area contributed by atoms with Gasteiger partial charge in [0.15, 0.2) is 4.21 Å². The van der Waals surface area contributed by atoms with Gasteiger partial charge in [0.2, 0.25) is 0 Å². The molecule has 0 aliphatic rings. The molecule has 2 aromatic rings. The number of hydrogen-bond donors (Lipinski definition) is 2. The summed E-state index contributed by atoms with van der Waals surface area (Å²) in [5.74, 6) is -0.968. The van der Waals surface area contributed by atoms with E-state index in [9.17, 15) is 17.8 Å². The first-order valence-electron chi connectivity index (χ1n) is 5.25. The molecule has 1 aromatic heterocycles. The summed E-state index contributed by atoms with van der Waals surface area (Å²) in [6.45, 7) is 0. The van der Waals surface area contributed by atoms with Crippen LogP contribution >= 0.6 is 11.3 Å². The molecule has 1 amide bonds. The van der Waals surface area contributed by atoms with Crippen molar-refractivity contribution in [2.24, 2.45) is 5.73 Å². The summed E-state index contributed by atoms with van der Waals surface area (Å²) < 4.78 is 32.3. The molecule has 0 aliphatic heterocycles. The minimum Gasteiger partial charge on any atom is -0.365 e. The van der Waals surface area contributed by atoms with Crippen molar-refractivity contribution in [3.63, 3.8) is 0 Å². The van der Waals surface area contributed by atoms with Crippen LogP contribution in [0, 0.1) is 11.3 Å². The lowest BCUT2D eigenvalue weighted by molar-refractivity contribution is -0.114. The van der Waals surface area contributed by atoms with Crippen LogP contribution in [0.3, 0.4) is 0 Å². The van der Waals surface area contributed by atoms with Crippen molar-refractivity contribution in [2.45, 2.75) is 4.21 Å². The van der Waals surface area contributed by atoms with Gasteiger partial charge in [-0.2, -0.15) is 13.7 Å². The number of carbonyl (C=O) groups is 1. The van der Waals surface area contributed by atoms with E-state index < -0.39 is 21.6 Å². The van der Waals surface area contributed by atoms with Gasteiger partial charge >= 0.3 is 10.1 Å². The molecule has 0 saturated heterocycles. The van der Waals surface area contributed by atoms with Crippen molar-refractivity contribution in [1.82, 2.24) is 0 Å². The summed E-state index contributed by atoms with van der Waals surface area (Å²) in [6.07, 6.45) is 1.07. The maximum atomic E-state index is 11.4. The molecule has 0 aliphatic carbocycles. The Labute approximate surface area is 118 Å². The predicted molar refractivity (Wildman–Crippen MR) is 74.4 cm³/mol. The Morgan fingerprint density at radius 3 is 2.60 bits per heavy atom. The molecule has 0 saturated carbocycles. The highest BCUT2D eigenvalue weighted by molar-refractivity contribution is 7.88. The number of nitrogens with two attached hydrogens (primary N) is 1. The lowest BCUT2D eigenvalue weighted by Gasteiger charge is -1.97. The summed E-state index contributed by atoms with van der Waals surface area (Å²) in [5.41, 5.74) is 4.72. The van der Waals surface area contributed by atoms with E-state index in [1.54, 1.807) is 30.3 Å². The number of benzene rings is 1. The maximum absolute atomic E-state index is 11.4. The normalized spacial score (nSPS) is 12.3. The van der Waals surface area contributed by atoms with Crippen LogP contribution in [-0.4, -0.2) is 18.9 Å². The smallest absolute Gasteiger partial charge is 0.304 e. The van der Waals surface area contributed by atoms with Gasteiger partial charge in [-0.05, 0) is 12.1 Å². The number of hydrogen-bond acceptors (Lipinski definition) is 5. The van der Waals surface area contributed by atoms with E-state index in [4.69, 9.17) is 11.0 Å². The van der Waals surface area contributed by atoms with Gasteiger partial charge in [-0.25, -0.2) is 0 Å². The lowest BCUT2D eigenvalue weighted by Crippen LogP contribution is -2.12. The second-order valence-electron chi connectivity index (χ2n) is 3.81. The van der Waals surface area contributed by atoms with Gasteiger partial charge in [0.05, 0.1) is 0 Å². The number of primary amides is 1. The number of amides is 1. The predicted octanol–water partition coefficient (Wildman–Crippen LogP) is 1.54. The van der Waals surface area contributed by atoms with Crippen molar-refractivity contribution in [3.8, 4) is 6.07 Å². The number of nitriles is 1. The van der Waals surface area contributed by atoms with Gasteiger partial charge < -0.3 is 5.73 Å². The molecule has 102 valence electrons. The fourth-order valence-electron chi connectivity index (χ4n) is 1.67. The Balaban J connectivity index is 2.87. The maximum Gasteiger partial charge on any atom is 0.304 e. The van der Waals surface area contributed by atoms with Crippen molar-refractivity contribution >= 4 is 43.5 Å². The van der Waals surface area contributed by atoms with Gasteiger partial charge in [0, 0.05) is 15.6 Å². The van der Waals surface area contributed by atoms with Crippen LogP contribution < -0.4 is 5.73 Å². The molecular formula is C12H8N2O4S2. The minimum absolute atomic E-state index is 0.0865. The summed E-state index contributed by atoms with van der Waals surface area (Å²) in [7, 11) is -4.46. The van der Waals surface area contributed by atoms with Crippen LogP contribution in [-0.2, 0) is 14.9 Å². The Morgan fingerprint density at radius 1 is 1.40 bits per heavy atom. The van der Waals surface area contributed by atoms with Gasteiger partial charge in [0.25, 0.3) is 5.91 Å². The highest BCUT2D eigenvalue weighted by atomic mass is 32.3. The van der Waals surface area contributed by atoms with E-state index >= 15 is 0 Å². The molecule has 3 N–H and O–H groups in total. The fourth-order valence-corrected chi connectivity index (χ4v) is 3.72. The molecule has 6 nitrogen and oxygen atoms in total. The third-order valence-electron chi connectivity index (χ3n) is 2.51. The van der Waals surface area contributed by atoms with E-state index in [2.05, 4.69) is 0 Å². The highest BCUT2D eigenvalue weighted by Crippen LogP contribution is 2.35. The minimum atomic E-state index is -4.46. The van der Waals surface area contributed by atoms with Crippen molar-refractivity contribution in [3.05, 3.63) is 35.4 Å². The number of fused-ring (bicyclic) bond motifs is 1. The topological polar surface area (TPSA) is 121 Å². The standard InChI is InChI=1S/C12H8N2O4S2/c13-6-7(11(14)15)5-9-8-3-1-2-4-10(8)19-12(9)20(16,17)18/h1-5H,(H2,14,15)(H,16,17,18)/b7-5+. The monoisotopic (exact) mass is 308 g/mol. The number of nitrogens with zero attached hydrogens (tertiary/aromatic N) is 1. The van der Waals surface area contributed by atoms with Gasteiger partial charge in [0.1, 0.15) is 11.6 Å². The SMILES string of the molecule is N#C/C(=C\c1c(S(=O)(=O)O)sc2ccccc12)C(N)=O. The average Bonchev–Trinajstić information content (AvgIpc) is 2.74. The molecule has 0 bridgehead atoms. The van der Waals surface area contributed by atoms with Crippen molar-refractivity contribution in [2.75, 3.05) is 0 Å². The van der Waals surface area contributed by atoms with E-state index in [-0.39, 0.29) is 9.77 Å². The van der Waals surface area contributed by atoms with Crippen LogP contribution in [0.2, 0.25) is 0 Å². The Hall–Kier alpha value is -2.21. The Morgan fingerprint density at radius 2 is 2.05 bits per heavy atom. The van der Waals surface area contributed by atoms with Crippen molar-refractivity contribution in [1.29, 1.82) is 5.26 Å². The third-order valence-corrected chi connectivity index (χ3v) is 5.06. The Kier molecular flexibility index (Phi) is 3.59. The average molecular weight is 308 g/mol. The summed E-state index contributed by atoms with van der Waals surface area (Å²) in [4.78, 5) is 11.1. The first kappa shape index (κ1) is 14.2. The third kappa shape index (κ3) is 2.55. The van der Waals surface area contributed by atoms with Crippen LogP contribution in [0.5, 0.6) is 0 Å². The first-order chi connectivity index (χ1) is 9.34. The summed E-state index contributed by atoms with van der Waals surface area (Å²) >= 11 is 0.851. The van der Waals surface area contributed by atoms with Gasteiger partial charge in [-0.1, -0.05) is 18.2 Å². The second-order valence-corrected chi connectivity index (χ2v) is 6.48. The van der Waals surface area contributed by atoms with Crippen LogP contribution in [0.1, 0.15) is 5.56 Å². The van der Waals surface area contributed by atoms with Crippen LogP contribution in [0.4, 0.5) is 0 Å². The van der Waals surface area contributed by atoms with Gasteiger partial charge in [-0.15, -0.1) is 11.3 Å². The first-order valence-corrected chi connectivity index (χ1v) is 7.51. The zero-order chi connectivity index (χ0) is 14.9. The summed E-state index contributed by atoms with van der Waals surface area (Å²) in [6, 6.07) is 8.28. The molecular weight excluding hydrogens is 300 g/mol. The Bertz CT molecular complexity index is 872. The van der Waals surface area contributed by atoms with Gasteiger partial charge in [-0.3, -0.25) is 9.35 Å². The molecule has 1 aromatic carbocycles. The molecule has 0 unspecified atom stereocenters. The van der Waals surface area contributed by atoms with E-state index in [0.717, 1.165) is 17.4 Å². The quantitative estimate of drug-likeness (QED) is 0.506. The highest BCUT2D eigenvalue weighted by Gasteiger charge is 2.21. The zero-order valence-electron chi connectivity index (χ0n) is 9.90. The molecule has 1 heterocycles. The number of rotatable bonds is 3. The summed E-state index contributed by atoms with van der Waals surface area (Å²) in [5, 5.41) is 9.35. The molecule has 20 heavy (non-hydrogen) atoms. The lowest BCUT2D eigenvalue weighted by atomic mass is 10.1. The molecule has 8 heteroatoms. The largest absolute Gasteiger partial charge is 0.365 e. The van der Waals surface area contributed by atoms with Crippen LogP contribution in [0.15, 0.2) is 34.0 Å². The zero-order valence-corrected chi connectivity index (χ0v) is 11.5. The van der Waals surface area contributed by atoms with E-state index in [0.29, 0.717) is 10.1 Å². The number of carbonyl (C=O) groups excluding carboxylic acids is 1. The second kappa shape index (κ2) is 5.05. The molecule has 2 rings (SSSR count). The molecule has 0 atom stereocenters.